The lowest BCUT2D eigenvalue weighted by molar-refractivity contribution is 1.18. The van der Waals surface area contributed by atoms with Gasteiger partial charge in [0.05, 0.1) is 41.3 Å². The summed E-state index contributed by atoms with van der Waals surface area (Å²) in [6.07, 6.45) is 0. The molecule has 0 unspecified atom stereocenters. The van der Waals surface area contributed by atoms with Gasteiger partial charge in [-0.05, 0) is 82.8 Å². The molecule has 0 aliphatic carbocycles. The van der Waals surface area contributed by atoms with E-state index in [0.29, 0.717) is 22.1 Å². The molecule has 0 spiro atoms. The number of hydrogen-bond acceptors (Lipinski definition) is 0. The van der Waals surface area contributed by atoms with E-state index in [1.807, 2.05) is 78.9 Å². The third-order valence-electron chi connectivity index (χ3n) is 7.97. The molecule has 0 radical (unpaired) electrons. The lowest BCUT2D eigenvalue weighted by Crippen LogP contribution is -1.93. The van der Waals surface area contributed by atoms with Crippen LogP contribution in [0.15, 0.2) is 170 Å². The molecule has 206 valence electrons. The van der Waals surface area contributed by atoms with Gasteiger partial charge in [-0.3, -0.25) is 0 Å². The molecule has 2 aromatic heterocycles. The van der Waals surface area contributed by atoms with Crippen LogP contribution in [-0.4, -0.2) is 9.13 Å². The minimum absolute atomic E-state index is 0.0507. The highest BCUT2D eigenvalue weighted by Crippen LogP contribution is 2.38. The lowest BCUT2D eigenvalue weighted by Gasteiger charge is -2.10. The van der Waals surface area contributed by atoms with Crippen molar-refractivity contribution in [3.05, 3.63) is 170 Å². The first-order valence-electron chi connectivity index (χ1n) is 21.0. The van der Waals surface area contributed by atoms with E-state index in [-0.39, 0.29) is 29.0 Å². The van der Waals surface area contributed by atoms with Gasteiger partial charge >= 0.3 is 0 Å². The molecule has 0 atom stereocenters. The Morgan fingerprint density at radius 3 is 1.32 bits per heavy atom. The van der Waals surface area contributed by atoms with E-state index in [0.717, 1.165) is 32.7 Å². The number of benzene rings is 7. The topological polar surface area (TPSA) is 9.86 Å². The summed E-state index contributed by atoms with van der Waals surface area (Å²) in [4.78, 5) is 0. The van der Waals surface area contributed by atoms with Crippen molar-refractivity contribution >= 4 is 43.6 Å². The predicted octanol–water partition coefficient (Wildman–Crippen LogP) is 11.2. The van der Waals surface area contributed by atoms with Gasteiger partial charge in [0.15, 0.2) is 0 Å². The molecule has 0 N–H and O–H groups in total. The number of rotatable bonds is 4. The van der Waals surface area contributed by atoms with Crippen LogP contribution in [0.5, 0.6) is 0 Å². The summed E-state index contributed by atoms with van der Waals surface area (Å²) in [6, 6.07) is 19.2. The first-order valence-corrected chi connectivity index (χ1v) is 14.0. The van der Waals surface area contributed by atoms with Crippen LogP contribution in [0.3, 0.4) is 0 Å². The zero-order valence-electron chi connectivity index (χ0n) is 37.0. The number of para-hydroxylation sites is 3. The van der Waals surface area contributed by atoms with Crippen molar-refractivity contribution < 1.29 is 19.2 Å². The monoisotopic (exact) mass is 574 g/mol. The Morgan fingerprint density at radius 2 is 0.773 bits per heavy atom. The average molecular weight is 575 g/mol. The van der Waals surface area contributed by atoms with Crippen molar-refractivity contribution in [2.24, 2.45) is 0 Å². The van der Waals surface area contributed by atoms with E-state index in [2.05, 4.69) is 0 Å². The second kappa shape index (κ2) is 9.86. The Balaban J connectivity index is 1.25. The standard InChI is InChI=1S/C42H28N2/c1-3-11-29(12-4-1)30-19-23-34(24-20-30)44-40-18-10-8-16-36(40)38-28-32(22-26-42(38)44)31-21-25-41-37(27-31)35-15-7-9-17-39(35)43(41)33-13-5-2-6-14-33/h1-28H/i1D,2D,3D,4D,5D,6D,11D,12D,13D,14D,19D,20D,23D,24D. The summed E-state index contributed by atoms with van der Waals surface area (Å²) in [5.41, 5.74) is 3.33. The summed E-state index contributed by atoms with van der Waals surface area (Å²) in [6.45, 7) is 0. The fourth-order valence-electron chi connectivity index (χ4n) is 6.06. The van der Waals surface area contributed by atoms with Crippen LogP contribution in [0.2, 0.25) is 0 Å². The first kappa shape index (κ1) is 14.5. The van der Waals surface area contributed by atoms with Crippen molar-refractivity contribution in [2.45, 2.75) is 0 Å². The summed E-state index contributed by atoms with van der Waals surface area (Å²) < 4.78 is 123. The van der Waals surface area contributed by atoms with E-state index >= 15 is 0 Å². The molecular formula is C42H28N2. The zero-order valence-corrected chi connectivity index (χ0v) is 23.0. The van der Waals surface area contributed by atoms with Gasteiger partial charge in [0.2, 0.25) is 0 Å². The summed E-state index contributed by atoms with van der Waals surface area (Å²) in [7, 11) is 0. The van der Waals surface area contributed by atoms with Crippen LogP contribution < -0.4 is 0 Å². The molecule has 2 nitrogen and oxygen atoms in total. The molecule has 0 saturated heterocycles. The summed E-state index contributed by atoms with van der Waals surface area (Å²) in [5, 5.41) is 3.13. The molecule has 0 aliphatic heterocycles. The van der Waals surface area contributed by atoms with Gasteiger partial charge < -0.3 is 9.13 Å². The highest BCUT2D eigenvalue weighted by Gasteiger charge is 2.16. The lowest BCUT2D eigenvalue weighted by atomic mass is 10.0. The maximum Gasteiger partial charge on any atom is 0.0645 e. The Morgan fingerprint density at radius 1 is 0.341 bits per heavy atom. The molecule has 9 rings (SSSR count). The van der Waals surface area contributed by atoms with Gasteiger partial charge in [0.25, 0.3) is 0 Å². The minimum atomic E-state index is -0.644. The molecule has 2 heteroatoms. The number of nitrogens with zero attached hydrogens (tertiary/aromatic N) is 2. The largest absolute Gasteiger partial charge is 0.309 e. The van der Waals surface area contributed by atoms with Crippen molar-refractivity contribution in [2.75, 3.05) is 0 Å². The quantitative estimate of drug-likeness (QED) is 0.198. The van der Waals surface area contributed by atoms with Gasteiger partial charge in [-0.2, -0.15) is 0 Å². The van der Waals surface area contributed by atoms with Crippen molar-refractivity contribution in [3.63, 3.8) is 0 Å². The van der Waals surface area contributed by atoms with Crippen molar-refractivity contribution in [1.29, 1.82) is 0 Å². The normalized spacial score (nSPS) is 16.1. The van der Waals surface area contributed by atoms with E-state index < -0.39 is 78.1 Å². The second-order valence-corrected chi connectivity index (χ2v) is 10.4. The molecule has 0 amide bonds. The summed E-state index contributed by atoms with van der Waals surface area (Å²) >= 11 is 0. The Labute approximate surface area is 275 Å². The molecule has 0 saturated carbocycles. The molecular weight excluding hydrogens is 532 g/mol. The predicted molar refractivity (Wildman–Crippen MR) is 186 cm³/mol. The van der Waals surface area contributed by atoms with Gasteiger partial charge in [-0.1, -0.05) is 109 Å². The number of fused-ring (bicyclic) bond motifs is 6. The van der Waals surface area contributed by atoms with E-state index in [1.165, 1.54) is 0 Å². The minimum Gasteiger partial charge on any atom is -0.309 e. The van der Waals surface area contributed by atoms with Gasteiger partial charge in [-0.15, -0.1) is 0 Å². The molecule has 7 aromatic carbocycles. The van der Waals surface area contributed by atoms with Gasteiger partial charge in [0.1, 0.15) is 0 Å². The number of hydrogen-bond donors (Lipinski definition) is 0. The highest BCUT2D eigenvalue weighted by molar-refractivity contribution is 6.12. The Bertz CT molecular complexity index is 3200. The van der Waals surface area contributed by atoms with E-state index in [9.17, 15) is 0 Å². The molecule has 2 heterocycles. The molecule has 44 heavy (non-hydrogen) atoms. The van der Waals surface area contributed by atoms with Crippen molar-refractivity contribution in [3.8, 4) is 33.6 Å². The van der Waals surface area contributed by atoms with Crippen LogP contribution in [0, 0.1) is 0 Å². The smallest absolute Gasteiger partial charge is 0.0645 e. The maximum absolute atomic E-state index is 9.16. The van der Waals surface area contributed by atoms with Crippen LogP contribution in [-0.2, 0) is 0 Å². The molecule has 0 fully saturated rings. The van der Waals surface area contributed by atoms with E-state index in [1.54, 1.807) is 15.2 Å². The Kier molecular flexibility index (Phi) is 3.26. The van der Waals surface area contributed by atoms with Crippen LogP contribution >= 0.6 is 0 Å². The average Bonchev–Trinajstić information content (AvgIpc) is 3.73. The van der Waals surface area contributed by atoms with Gasteiger partial charge in [-0.25, -0.2) is 0 Å². The number of aromatic nitrogens is 2. The third-order valence-corrected chi connectivity index (χ3v) is 7.97. The second-order valence-electron chi connectivity index (χ2n) is 10.4. The van der Waals surface area contributed by atoms with Crippen molar-refractivity contribution in [1.82, 2.24) is 9.13 Å². The van der Waals surface area contributed by atoms with Gasteiger partial charge in [0, 0.05) is 32.9 Å². The molecule has 0 aliphatic rings. The van der Waals surface area contributed by atoms with Crippen LogP contribution in [0.1, 0.15) is 19.2 Å². The summed E-state index contributed by atoms with van der Waals surface area (Å²) in [5.74, 6) is 0. The highest BCUT2D eigenvalue weighted by atomic mass is 15.0. The zero-order chi connectivity index (χ0) is 41.2. The van der Waals surface area contributed by atoms with E-state index in [4.69, 9.17) is 19.2 Å². The molecule has 9 aromatic rings. The van der Waals surface area contributed by atoms with Crippen LogP contribution in [0.25, 0.3) is 77.2 Å². The fraction of sp³-hybridized carbons (Fsp3) is 0. The first-order chi connectivity index (χ1) is 27.6. The fourth-order valence-corrected chi connectivity index (χ4v) is 6.06. The van der Waals surface area contributed by atoms with Crippen LogP contribution in [0.4, 0.5) is 0 Å². The third kappa shape index (κ3) is 3.82. The molecule has 0 bridgehead atoms. The maximum atomic E-state index is 9.16. The Hall–Kier alpha value is -5.86. The SMILES string of the molecule is [2H]c1c([2H])c([2H])c(-c2c([2H])c([2H])c(-n3c4ccccc4c4cc(-c5ccc6c(c5)c5ccccc5n6-c5c([2H])c([2H])c([2H])c([2H])c5[2H])ccc43)c([2H])c2[2H])c([2H])c1[2H].